The summed E-state index contributed by atoms with van der Waals surface area (Å²) in [6.45, 7) is 0.848. The van der Waals surface area contributed by atoms with E-state index in [0.717, 1.165) is 16.8 Å². The molecule has 0 saturated carbocycles. The predicted octanol–water partition coefficient (Wildman–Crippen LogP) is 3.40. The van der Waals surface area contributed by atoms with E-state index in [1.807, 2.05) is 30.3 Å². The van der Waals surface area contributed by atoms with Crippen LogP contribution in [0.2, 0.25) is 0 Å². The molecule has 0 atom stereocenters. The molecule has 2 aromatic rings. The van der Waals surface area contributed by atoms with Crippen LogP contribution >= 0.6 is 0 Å². The highest BCUT2D eigenvalue weighted by atomic mass is 32.2. The van der Waals surface area contributed by atoms with Gasteiger partial charge in [0, 0.05) is 38.9 Å². The van der Waals surface area contributed by atoms with Crippen molar-refractivity contribution in [3.05, 3.63) is 54.3 Å². The Kier molecular flexibility index (Phi) is 6.24. The molecule has 1 aliphatic rings. The first-order valence-electron chi connectivity index (χ1n) is 9.48. The lowest BCUT2D eigenvalue weighted by Crippen LogP contribution is -2.50. The Hall–Kier alpha value is -2.45. The second kappa shape index (κ2) is 8.51. The lowest BCUT2D eigenvalue weighted by atomic mass is 10.0. The maximum Gasteiger partial charge on any atom is 0.324 e. The lowest BCUT2D eigenvalue weighted by Gasteiger charge is -2.37. The summed E-state index contributed by atoms with van der Waals surface area (Å²) in [4.78, 5) is 16.1. The molecule has 1 aliphatic heterocycles. The minimum Gasteiger partial charge on any atom is -0.324 e. The summed E-state index contributed by atoms with van der Waals surface area (Å²) < 4.78 is 38.2. The van der Waals surface area contributed by atoms with E-state index < -0.39 is 10.0 Å². The smallest absolute Gasteiger partial charge is 0.324 e. The number of nitrogens with zero attached hydrogens (tertiary/aromatic N) is 3. The van der Waals surface area contributed by atoms with Crippen LogP contribution < -0.4 is 4.90 Å². The topological polar surface area (TPSA) is 60.9 Å². The summed E-state index contributed by atoms with van der Waals surface area (Å²) in [5.41, 5.74) is 2.38. The average Bonchev–Trinajstić information content (AvgIpc) is 2.72. The summed E-state index contributed by atoms with van der Waals surface area (Å²) in [6.07, 6.45) is 2.44. The van der Waals surface area contributed by atoms with E-state index in [9.17, 15) is 17.6 Å². The van der Waals surface area contributed by atoms with Gasteiger partial charge in [-0.05, 0) is 48.2 Å². The summed E-state index contributed by atoms with van der Waals surface area (Å²) >= 11 is 0. The second-order valence-electron chi connectivity index (χ2n) is 7.40. The molecule has 2 aromatic carbocycles. The fourth-order valence-corrected chi connectivity index (χ4v) is 4.48. The van der Waals surface area contributed by atoms with Crippen molar-refractivity contribution in [2.75, 3.05) is 38.3 Å². The van der Waals surface area contributed by atoms with Crippen LogP contribution in [0.4, 0.5) is 14.9 Å². The van der Waals surface area contributed by atoms with Gasteiger partial charge in [-0.1, -0.05) is 24.3 Å². The minimum atomic E-state index is -3.19. The van der Waals surface area contributed by atoms with E-state index >= 15 is 0 Å². The SMILES string of the molecule is CN(C(=O)N(C)C1CCN(S(C)(=O)=O)CC1)c1ccc(-c2cccc(F)c2)cc1. The number of hydrogen-bond donors (Lipinski definition) is 0. The average molecular weight is 420 g/mol. The van der Waals surface area contributed by atoms with Gasteiger partial charge in [0.25, 0.3) is 0 Å². The number of anilines is 1. The minimum absolute atomic E-state index is 0.00508. The van der Waals surface area contributed by atoms with Gasteiger partial charge in [0.05, 0.1) is 6.26 Å². The molecule has 1 saturated heterocycles. The molecule has 1 heterocycles. The van der Waals surface area contributed by atoms with E-state index in [1.54, 1.807) is 30.0 Å². The molecule has 0 aliphatic carbocycles. The van der Waals surface area contributed by atoms with Gasteiger partial charge in [-0.3, -0.25) is 4.90 Å². The van der Waals surface area contributed by atoms with Gasteiger partial charge in [-0.25, -0.2) is 21.9 Å². The second-order valence-corrected chi connectivity index (χ2v) is 9.39. The summed E-state index contributed by atoms with van der Waals surface area (Å²) in [7, 11) is 0.272. The van der Waals surface area contributed by atoms with Crippen molar-refractivity contribution < 1.29 is 17.6 Å². The molecule has 29 heavy (non-hydrogen) atoms. The monoisotopic (exact) mass is 419 g/mol. The molecule has 0 unspecified atom stereocenters. The number of carbonyl (C=O) groups is 1. The maximum absolute atomic E-state index is 13.4. The zero-order chi connectivity index (χ0) is 21.2. The fourth-order valence-electron chi connectivity index (χ4n) is 3.61. The van der Waals surface area contributed by atoms with Crippen LogP contribution in [0.1, 0.15) is 12.8 Å². The number of hydrogen-bond acceptors (Lipinski definition) is 3. The number of amides is 2. The predicted molar refractivity (Wildman–Crippen MR) is 113 cm³/mol. The Balaban J connectivity index is 1.65. The molecule has 1 fully saturated rings. The molecule has 3 rings (SSSR count). The molecule has 8 heteroatoms. The molecule has 0 radical (unpaired) electrons. The lowest BCUT2D eigenvalue weighted by molar-refractivity contribution is 0.169. The van der Waals surface area contributed by atoms with Crippen LogP contribution in [0.3, 0.4) is 0 Å². The summed E-state index contributed by atoms with van der Waals surface area (Å²) in [5, 5.41) is 0. The summed E-state index contributed by atoms with van der Waals surface area (Å²) in [5.74, 6) is -0.289. The number of rotatable bonds is 4. The first kappa shape index (κ1) is 21.3. The van der Waals surface area contributed by atoms with Crippen molar-refractivity contribution in [3.8, 4) is 11.1 Å². The van der Waals surface area contributed by atoms with Gasteiger partial charge in [-0.15, -0.1) is 0 Å². The van der Waals surface area contributed by atoms with Crippen LogP contribution in [0.15, 0.2) is 48.5 Å². The molecule has 0 bridgehead atoms. The first-order chi connectivity index (χ1) is 13.7. The Morgan fingerprint density at radius 2 is 1.66 bits per heavy atom. The molecule has 0 N–H and O–H groups in total. The molecular formula is C21H26FN3O3S. The van der Waals surface area contributed by atoms with Crippen molar-refractivity contribution in [1.29, 1.82) is 0 Å². The van der Waals surface area contributed by atoms with Crippen molar-refractivity contribution in [3.63, 3.8) is 0 Å². The standard InChI is InChI=1S/C21H26FN3O3S/c1-23(19-9-7-16(8-10-19)17-5-4-6-18(22)15-17)21(26)24(2)20-11-13-25(14-12-20)29(3,27)28/h4-10,15,20H,11-14H2,1-3H3. The Morgan fingerprint density at radius 1 is 1.03 bits per heavy atom. The van der Waals surface area contributed by atoms with Crippen LogP contribution in [0, 0.1) is 5.82 Å². The number of benzene rings is 2. The normalized spacial score (nSPS) is 15.9. The number of sulfonamides is 1. The highest BCUT2D eigenvalue weighted by molar-refractivity contribution is 7.88. The molecular weight excluding hydrogens is 393 g/mol. The molecule has 0 aromatic heterocycles. The third kappa shape index (κ3) is 4.94. The third-order valence-corrected chi connectivity index (χ3v) is 6.74. The summed E-state index contributed by atoms with van der Waals surface area (Å²) in [6, 6.07) is 13.6. The van der Waals surface area contributed by atoms with Crippen LogP contribution in [0.5, 0.6) is 0 Å². The van der Waals surface area contributed by atoms with E-state index in [1.165, 1.54) is 22.7 Å². The quantitative estimate of drug-likeness (QED) is 0.763. The van der Waals surface area contributed by atoms with E-state index in [-0.39, 0.29) is 17.9 Å². The van der Waals surface area contributed by atoms with Gasteiger partial charge < -0.3 is 4.90 Å². The van der Waals surface area contributed by atoms with E-state index in [4.69, 9.17) is 0 Å². The highest BCUT2D eigenvalue weighted by Crippen LogP contribution is 2.25. The number of carbonyl (C=O) groups excluding carboxylic acids is 1. The Morgan fingerprint density at radius 3 is 2.21 bits per heavy atom. The van der Waals surface area contributed by atoms with Crippen molar-refractivity contribution in [1.82, 2.24) is 9.21 Å². The zero-order valence-corrected chi connectivity index (χ0v) is 17.7. The maximum atomic E-state index is 13.4. The Bertz CT molecular complexity index is 971. The number of halogens is 1. The molecule has 156 valence electrons. The first-order valence-corrected chi connectivity index (χ1v) is 11.3. The largest absolute Gasteiger partial charge is 0.324 e. The molecule has 2 amide bonds. The highest BCUT2D eigenvalue weighted by Gasteiger charge is 2.30. The fraction of sp³-hybridized carbons (Fsp3) is 0.381. The van der Waals surface area contributed by atoms with Gasteiger partial charge in [-0.2, -0.15) is 0 Å². The van der Waals surface area contributed by atoms with Crippen molar-refractivity contribution in [2.24, 2.45) is 0 Å². The Labute approximate surface area is 171 Å². The van der Waals surface area contributed by atoms with Crippen LogP contribution in [-0.2, 0) is 10.0 Å². The zero-order valence-electron chi connectivity index (χ0n) is 16.9. The van der Waals surface area contributed by atoms with Gasteiger partial charge >= 0.3 is 6.03 Å². The van der Waals surface area contributed by atoms with E-state index in [0.29, 0.717) is 25.9 Å². The number of urea groups is 1. The van der Waals surface area contributed by atoms with Crippen molar-refractivity contribution >= 4 is 21.7 Å². The van der Waals surface area contributed by atoms with Gasteiger partial charge in [0.1, 0.15) is 5.82 Å². The van der Waals surface area contributed by atoms with Crippen molar-refractivity contribution in [2.45, 2.75) is 18.9 Å². The number of piperidine rings is 1. The van der Waals surface area contributed by atoms with Gasteiger partial charge in [0.15, 0.2) is 0 Å². The third-order valence-electron chi connectivity index (χ3n) is 5.44. The van der Waals surface area contributed by atoms with Gasteiger partial charge in [0.2, 0.25) is 10.0 Å². The van der Waals surface area contributed by atoms with Crippen LogP contribution in [0.25, 0.3) is 11.1 Å². The van der Waals surface area contributed by atoms with E-state index in [2.05, 4.69) is 0 Å². The van der Waals surface area contributed by atoms with Crippen LogP contribution in [-0.4, -0.2) is 63.1 Å². The molecule has 6 nitrogen and oxygen atoms in total. The molecule has 0 spiro atoms.